The molecule has 150 valence electrons. The lowest BCUT2D eigenvalue weighted by Gasteiger charge is -2.13. The zero-order chi connectivity index (χ0) is 20.1. The summed E-state index contributed by atoms with van der Waals surface area (Å²) in [6.45, 7) is 0.362. The second kappa shape index (κ2) is 8.80. The molecular weight excluding hydrogens is 406 g/mol. The van der Waals surface area contributed by atoms with Crippen molar-refractivity contribution in [3.8, 4) is 0 Å². The van der Waals surface area contributed by atoms with Crippen LogP contribution < -0.4 is 10.0 Å². The number of anilines is 1. The molecule has 2 aromatic rings. The van der Waals surface area contributed by atoms with Gasteiger partial charge in [-0.3, -0.25) is 10.1 Å². The molecule has 0 atom stereocenters. The highest BCUT2D eigenvalue weighted by Gasteiger charge is 2.23. The minimum Gasteiger partial charge on any atom is -0.364 e. The number of sulfonamides is 1. The van der Waals surface area contributed by atoms with Gasteiger partial charge in [-0.15, -0.1) is 0 Å². The highest BCUT2D eigenvalue weighted by molar-refractivity contribution is 7.89. The van der Waals surface area contributed by atoms with E-state index in [1.165, 1.54) is 0 Å². The van der Waals surface area contributed by atoms with E-state index in [-0.39, 0.29) is 27.6 Å². The van der Waals surface area contributed by atoms with Crippen LogP contribution in [0.4, 0.5) is 11.5 Å². The minimum absolute atomic E-state index is 0.0179. The van der Waals surface area contributed by atoms with Crippen molar-refractivity contribution >= 4 is 33.1 Å². The Kier molecular flexibility index (Phi) is 6.42. The van der Waals surface area contributed by atoms with Crippen LogP contribution in [0, 0.1) is 10.1 Å². The Labute approximate surface area is 167 Å². The van der Waals surface area contributed by atoms with E-state index < -0.39 is 14.9 Å². The number of hydrogen-bond donors (Lipinski definition) is 2. The van der Waals surface area contributed by atoms with Gasteiger partial charge in [0.2, 0.25) is 21.0 Å². The topological polar surface area (TPSA) is 127 Å². The molecule has 0 spiro atoms. The molecule has 1 saturated carbocycles. The smallest absolute Gasteiger partial charge is 0.348 e. The van der Waals surface area contributed by atoms with E-state index in [1.807, 2.05) is 0 Å². The number of aromatic nitrogens is 2. The Balaban J connectivity index is 1.59. The third-order valence-electron chi connectivity index (χ3n) is 4.58. The molecule has 1 fully saturated rings. The summed E-state index contributed by atoms with van der Waals surface area (Å²) in [5.41, 5.74) is 0.513. The first-order valence-corrected chi connectivity index (χ1v) is 10.7. The van der Waals surface area contributed by atoms with Crippen molar-refractivity contribution in [2.24, 2.45) is 0 Å². The Hall–Kier alpha value is -2.30. The van der Waals surface area contributed by atoms with Crippen molar-refractivity contribution in [2.45, 2.75) is 43.0 Å². The van der Waals surface area contributed by atoms with Gasteiger partial charge in [0.05, 0.1) is 9.82 Å². The van der Waals surface area contributed by atoms with E-state index in [0.29, 0.717) is 13.0 Å². The van der Waals surface area contributed by atoms with Crippen molar-refractivity contribution < 1.29 is 13.3 Å². The van der Waals surface area contributed by atoms with E-state index in [0.717, 1.165) is 37.6 Å². The molecular formula is C17H20ClN5O4S. The molecule has 3 rings (SSSR count). The monoisotopic (exact) mass is 425 g/mol. The summed E-state index contributed by atoms with van der Waals surface area (Å²) >= 11 is 5.75. The average Bonchev–Trinajstić information content (AvgIpc) is 3.14. The van der Waals surface area contributed by atoms with Crippen LogP contribution in [-0.2, 0) is 16.4 Å². The van der Waals surface area contributed by atoms with E-state index in [4.69, 9.17) is 11.6 Å². The van der Waals surface area contributed by atoms with Crippen LogP contribution in [-0.4, -0.2) is 35.9 Å². The fourth-order valence-corrected chi connectivity index (χ4v) is 4.65. The number of halogens is 1. The quantitative estimate of drug-likeness (QED) is 0.378. The van der Waals surface area contributed by atoms with Crippen molar-refractivity contribution in [1.82, 2.24) is 14.7 Å². The van der Waals surface area contributed by atoms with Gasteiger partial charge in [-0.1, -0.05) is 36.6 Å². The second-order valence-corrected chi connectivity index (χ2v) is 8.61. The van der Waals surface area contributed by atoms with Gasteiger partial charge in [-0.2, -0.15) is 0 Å². The lowest BCUT2D eigenvalue weighted by atomic mass is 10.1. The highest BCUT2D eigenvalue weighted by Crippen LogP contribution is 2.28. The number of nitrogens with zero attached hydrogens (tertiary/aromatic N) is 3. The summed E-state index contributed by atoms with van der Waals surface area (Å²) in [7, 11) is -3.52. The Morgan fingerprint density at radius 2 is 1.86 bits per heavy atom. The SMILES string of the molecule is O=[N+]([O-])c1c(Cl)ncnc1NCCc1ccc(S(=O)(=O)NC2CCCC2)cc1. The minimum atomic E-state index is -3.52. The van der Waals surface area contributed by atoms with Gasteiger partial charge in [0.15, 0.2) is 0 Å². The number of benzene rings is 1. The molecule has 0 amide bonds. The predicted octanol–water partition coefficient (Wildman–Crippen LogP) is 2.91. The summed E-state index contributed by atoms with van der Waals surface area (Å²) in [5, 5.41) is 13.7. The Bertz CT molecular complexity index is 947. The molecule has 1 heterocycles. The van der Waals surface area contributed by atoms with E-state index in [9.17, 15) is 18.5 Å². The molecule has 0 saturated heterocycles. The van der Waals surface area contributed by atoms with Crippen LogP contribution in [0.5, 0.6) is 0 Å². The molecule has 1 aromatic carbocycles. The summed E-state index contributed by atoms with van der Waals surface area (Å²) in [4.78, 5) is 18.1. The maximum atomic E-state index is 12.4. The van der Waals surface area contributed by atoms with Gasteiger partial charge in [-0.05, 0) is 37.0 Å². The number of rotatable bonds is 8. The maximum Gasteiger partial charge on any atom is 0.348 e. The highest BCUT2D eigenvalue weighted by atomic mass is 35.5. The van der Waals surface area contributed by atoms with Crippen LogP contribution in [0.2, 0.25) is 5.15 Å². The van der Waals surface area contributed by atoms with Crippen molar-refractivity contribution in [2.75, 3.05) is 11.9 Å². The molecule has 0 unspecified atom stereocenters. The molecule has 0 aliphatic heterocycles. The van der Waals surface area contributed by atoms with Crippen LogP contribution >= 0.6 is 11.6 Å². The molecule has 1 aliphatic carbocycles. The standard InChI is InChI=1S/C17H20ClN5O4S/c18-16-15(23(24)25)17(21-11-20-16)19-10-9-12-5-7-14(8-6-12)28(26,27)22-13-3-1-2-4-13/h5-8,11,13,22H,1-4,9-10H2,(H,19,20,21). The first kappa shape index (κ1) is 20.4. The summed E-state index contributed by atoms with van der Waals surface area (Å²) in [5.74, 6) is 0.0463. The average molecular weight is 426 g/mol. The van der Waals surface area contributed by atoms with Gasteiger partial charge in [0.25, 0.3) is 0 Å². The normalized spacial score (nSPS) is 14.9. The third kappa shape index (κ3) is 4.94. The fraction of sp³-hybridized carbons (Fsp3) is 0.412. The second-order valence-electron chi connectivity index (χ2n) is 6.54. The fourth-order valence-electron chi connectivity index (χ4n) is 3.14. The first-order chi connectivity index (χ1) is 13.4. The van der Waals surface area contributed by atoms with Gasteiger partial charge >= 0.3 is 5.69 Å². The van der Waals surface area contributed by atoms with E-state index in [1.54, 1.807) is 24.3 Å². The predicted molar refractivity (Wildman–Crippen MR) is 105 cm³/mol. The van der Waals surface area contributed by atoms with Gasteiger partial charge in [0, 0.05) is 12.6 Å². The summed E-state index contributed by atoms with van der Waals surface area (Å²) in [6.07, 6.45) is 5.53. The largest absolute Gasteiger partial charge is 0.364 e. The number of hydrogen-bond acceptors (Lipinski definition) is 7. The molecule has 2 N–H and O–H groups in total. The molecule has 28 heavy (non-hydrogen) atoms. The third-order valence-corrected chi connectivity index (χ3v) is 6.39. The van der Waals surface area contributed by atoms with E-state index >= 15 is 0 Å². The molecule has 9 nitrogen and oxygen atoms in total. The van der Waals surface area contributed by atoms with Crippen LogP contribution in [0.1, 0.15) is 31.2 Å². The first-order valence-electron chi connectivity index (χ1n) is 8.87. The van der Waals surface area contributed by atoms with Gasteiger partial charge in [0.1, 0.15) is 6.33 Å². The summed E-state index contributed by atoms with van der Waals surface area (Å²) < 4.78 is 27.6. The van der Waals surface area contributed by atoms with Crippen LogP contribution in [0.3, 0.4) is 0 Å². The maximum absolute atomic E-state index is 12.4. The van der Waals surface area contributed by atoms with E-state index in [2.05, 4.69) is 20.0 Å². The van der Waals surface area contributed by atoms with Crippen molar-refractivity contribution in [3.05, 3.63) is 51.4 Å². The lowest BCUT2D eigenvalue weighted by molar-refractivity contribution is -0.384. The van der Waals surface area contributed by atoms with Crippen molar-refractivity contribution in [1.29, 1.82) is 0 Å². The van der Waals surface area contributed by atoms with Gasteiger partial charge in [-0.25, -0.2) is 23.1 Å². The molecule has 11 heteroatoms. The lowest BCUT2D eigenvalue weighted by Crippen LogP contribution is -2.32. The zero-order valence-corrected chi connectivity index (χ0v) is 16.5. The van der Waals surface area contributed by atoms with Crippen LogP contribution in [0.25, 0.3) is 0 Å². The van der Waals surface area contributed by atoms with Crippen LogP contribution in [0.15, 0.2) is 35.5 Å². The van der Waals surface area contributed by atoms with Crippen molar-refractivity contribution in [3.63, 3.8) is 0 Å². The molecule has 1 aliphatic rings. The Morgan fingerprint density at radius 1 is 1.18 bits per heavy atom. The molecule has 0 radical (unpaired) electrons. The molecule has 0 bridgehead atoms. The Morgan fingerprint density at radius 3 is 2.50 bits per heavy atom. The zero-order valence-electron chi connectivity index (χ0n) is 15.0. The number of nitro groups is 1. The summed E-state index contributed by atoms with van der Waals surface area (Å²) in [6, 6.07) is 6.61. The number of nitrogens with one attached hydrogen (secondary N) is 2. The van der Waals surface area contributed by atoms with Gasteiger partial charge < -0.3 is 5.32 Å². The molecule has 1 aromatic heterocycles.